The van der Waals surface area contributed by atoms with E-state index in [0.29, 0.717) is 11.5 Å². The first-order valence-corrected chi connectivity index (χ1v) is 8.49. The van der Waals surface area contributed by atoms with Gasteiger partial charge in [0.25, 0.3) is 5.91 Å². The number of carbonyl (C=O) groups excluding carboxylic acids is 2. The molecule has 0 saturated heterocycles. The second kappa shape index (κ2) is 11.1. The quantitative estimate of drug-likeness (QED) is 0.681. The SMILES string of the molecule is C/C=C/c1ccc(OCC(=O)NCCC(=O)NC(C)CC)c(OC)c1. The number of allylic oxidation sites excluding steroid dienone is 1. The third-order valence-corrected chi connectivity index (χ3v) is 3.60. The molecule has 0 aliphatic heterocycles. The van der Waals surface area contributed by atoms with Gasteiger partial charge in [-0.2, -0.15) is 0 Å². The fraction of sp³-hybridized carbons (Fsp3) is 0.474. The van der Waals surface area contributed by atoms with Crippen molar-refractivity contribution in [1.82, 2.24) is 10.6 Å². The Bertz CT molecular complexity index is 599. The molecule has 0 aliphatic rings. The number of hydrogen-bond donors (Lipinski definition) is 2. The first-order valence-electron chi connectivity index (χ1n) is 8.49. The Morgan fingerprint density at radius 1 is 1.24 bits per heavy atom. The number of rotatable bonds is 10. The highest BCUT2D eigenvalue weighted by Gasteiger charge is 2.09. The van der Waals surface area contributed by atoms with Crippen LogP contribution in [0.2, 0.25) is 0 Å². The van der Waals surface area contributed by atoms with Crippen LogP contribution in [0.5, 0.6) is 11.5 Å². The first-order chi connectivity index (χ1) is 12.0. The van der Waals surface area contributed by atoms with Crippen LogP contribution >= 0.6 is 0 Å². The molecule has 6 nitrogen and oxygen atoms in total. The van der Waals surface area contributed by atoms with Crippen LogP contribution in [0.4, 0.5) is 0 Å². The molecule has 0 heterocycles. The Balaban J connectivity index is 2.40. The average Bonchev–Trinajstić information content (AvgIpc) is 2.60. The van der Waals surface area contributed by atoms with Crippen LogP contribution in [0, 0.1) is 0 Å². The molecule has 1 rings (SSSR count). The van der Waals surface area contributed by atoms with Crippen LogP contribution in [0.3, 0.4) is 0 Å². The Morgan fingerprint density at radius 3 is 2.64 bits per heavy atom. The monoisotopic (exact) mass is 348 g/mol. The lowest BCUT2D eigenvalue weighted by atomic mass is 10.2. The molecule has 0 spiro atoms. The van der Waals surface area contributed by atoms with Gasteiger partial charge in [-0.15, -0.1) is 0 Å². The van der Waals surface area contributed by atoms with Gasteiger partial charge in [0.2, 0.25) is 5.91 Å². The summed E-state index contributed by atoms with van der Waals surface area (Å²) in [6.45, 7) is 6.03. The average molecular weight is 348 g/mol. The zero-order valence-corrected chi connectivity index (χ0v) is 15.4. The maximum atomic E-state index is 11.8. The molecule has 1 aromatic rings. The van der Waals surface area contributed by atoms with Crippen molar-refractivity contribution in [1.29, 1.82) is 0 Å². The summed E-state index contributed by atoms with van der Waals surface area (Å²) in [4.78, 5) is 23.5. The maximum Gasteiger partial charge on any atom is 0.257 e. The summed E-state index contributed by atoms with van der Waals surface area (Å²) in [5.41, 5.74) is 0.989. The molecule has 0 aromatic heterocycles. The van der Waals surface area contributed by atoms with Gasteiger partial charge in [0, 0.05) is 19.0 Å². The fourth-order valence-corrected chi connectivity index (χ4v) is 2.06. The van der Waals surface area contributed by atoms with E-state index in [4.69, 9.17) is 9.47 Å². The first kappa shape index (κ1) is 20.5. The number of benzene rings is 1. The Hall–Kier alpha value is -2.50. The van der Waals surface area contributed by atoms with Gasteiger partial charge < -0.3 is 20.1 Å². The van der Waals surface area contributed by atoms with E-state index >= 15 is 0 Å². The molecule has 1 aromatic carbocycles. The third-order valence-electron chi connectivity index (χ3n) is 3.60. The van der Waals surface area contributed by atoms with E-state index in [1.807, 2.05) is 45.1 Å². The lowest BCUT2D eigenvalue weighted by Gasteiger charge is -2.13. The molecule has 2 amide bonds. The summed E-state index contributed by atoms with van der Waals surface area (Å²) in [6.07, 6.45) is 5.00. The second-order valence-electron chi connectivity index (χ2n) is 5.68. The van der Waals surface area contributed by atoms with E-state index in [9.17, 15) is 9.59 Å². The zero-order chi connectivity index (χ0) is 18.7. The van der Waals surface area contributed by atoms with E-state index in [-0.39, 0.29) is 37.4 Å². The molecule has 0 aliphatic carbocycles. The summed E-state index contributed by atoms with van der Waals surface area (Å²) >= 11 is 0. The normalized spacial score (nSPS) is 11.8. The molecule has 25 heavy (non-hydrogen) atoms. The van der Waals surface area contributed by atoms with E-state index < -0.39 is 0 Å². The van der Waals surface area contributed by atoms with E-state index in [1.165, 1.54) is 0 Å². The summed E-state index contributed by atoms with van der Waals surface area (Å²) in [6, 6.07) is 5.63. The highest BCUT2D eigenvalue weighted by Crippen LogP contribution is 2.28. The molecular formula is C19H28N2O4. The van der Waals surface area contributed by atoms with Gasteiger partial charge in [-0.1, -0.05) is 25.1 Å². The predicted molar refractivity (Wildman–Crippen MR) is 98.7 cm³/mol. The van der Waals surface area contributed by atoms with Crippen molar-refractivity contribution in [3.63, 3.8) is 0 Å². The summed E-state index contributed by atoms with van der Waals surface area (Å²) in [5.74, 6) is 0.712. The van der Waals surface area contributed by atoms with Crippen molar-refractivity contribution in [2.75, 3.05) is 20.3 Å². The number of carbonyl (C=O) groups is 2. The predicted octanol–water partition coefficient (Wildman–Crippen LogP) is 2.53. The molecule has 138 valence electrons. The minimum atomic E-state index is -0.282. The van der Waals surface area contributed by atoms with Crippen molar-refractivity contribution in [3.8, 4) is 11.5 Å². The van der Waals surface area contributed by atoms with Crippen LogP contribution in [-0.4, -0.2) is 38.1 Å². The maximum absolute atomic E-state index is 11.8. The van der Waals surface area contributed by atoms with Gasteiger partial charge in [-0.05, 0) is 38.0 Å². The van der Waals surface area contributed by atoms with E-state index in [0.717, 1.165) is 12.0 Å². The van der Waals surface area contributed by atoms with E-state index in [2.05, 4.69) is 10.6 Å². The van der Waals surface area contributed by atoms with Crippen LogP contribution in [0.1, 0.15) is 39.2 Å². The highest BCUT2D eigenvalue weighted by molar-refractivity contribution is 5.80. The number of methoxy groups -OCH3 is 1. The molecule has 0 saturated carbocycles. The van der Waals surface area contributed by atoms with Crippen LogP contribution < -0.4 is 20.1 Å². The lowest BCUT2D eigenvalue weighted by molar-refractivity contribution is -0.123. The molecule has 2 N–H and O–H groups in total. The zero-order valence-electron chi connectivity index (χ0n) is 15.4. The van der Waals surface area contributed by atoms with Crippen molar-refractivity contribution >= 4 is 17.9 Å². The lowest BCUT2D eigenvalue weighted by Crippen LogP contribution is -2.36. The van der Waals surface area contributed by atoms with Gasteiger partial charge in [0.15, 0.2) is 18.1 Å². The van der Waals surface area contributed by atoms with Crippen molar-refractivity contribution in [2.24, 2.45) is 0 Å². The number of hydrogen-bond acceptors (Lipinski definition) is 4. The summed E-state index contributed by atoms with van der Waals surface area (Å²) < 4.78 is 10.8. The Labute approximate surface area is 149 Å². The van der Waals surface area contributed by atoms with Crippen molar-refractivity contribution in [2.45, 2.75) is 39.7 Å². The molecule has 1 unspecified atom stereocenters. The second-order valence-corrected chi connectivity index (χ2v) is 5.68. The number of amides is 2. The van der Waals surface area contributed by atoms with E-state index in [1.54, 1.807) is 13.2 Å². The number of ether oxygens (including phenoxy) is 2. The standard InChI is InChI=1S/C19H28N2O4/c1-5-7-15-8-9-16(17(12-15)24-4)25-13-19(23)20-11-10-18(22)21-14(3)6-2/h5,7-9,12,14H,6,10-11,13H2,1-4H3,(H,20,23)(H,21,22)/b7-5+. The van der Waals surface area contributed by atoms with Crippen LogP contribution in [0.25, 0.3) is 6.08 Å². The highest BCUT2D eigenvalue weighted by atomic mass is 16.5. The molecule has 1 atom stereocenters. The van der Waals surface area contributed by atoms with Gasteiger partial charge in [-0.25, -0.2) is 0 Å². The largest absolute Gasteiger partial charge is 0.493 e. The summed E-state index contributed by atoms with van der Waals surface area (Å²) in [5, 5.41) is 5.52. The smallest absolute Gasteiger partial charge is 0.257 e. The van der Waals surface area contributed by atoms with Gasteiger partial charge in [0.1, 0.15) is 0 Å². The van der Waals surface area contributed by atoms with Crippen LogP contribution in [-0.2, 0) is 9.59 Å². The molecule has 0 fully saturated rings. The molecule has 6 heteroatoms. The Kier molecular flexibility index (Phi) is 9.14. The van der Waals surface area contributed by atoms with Crippen molar-refractivity contribution < 1.29 is 19.1 Å². The summed E-state index contributed by atoms with van der Waals surface area (Å²) in [7, 11) is 1.55. The molecular weight excluding hydrogens is 320 g/mol. The van der Waals surface area contributed by atoms with Crippen molar-refractivity contribution in [3.05, 3.63) is 29.8 Å². The minimum Gasteiger partial charge on any atom is -0.493 e. The molecule has 0 radical (unpaired) electrons. The Morgan fingerprint density at radius 2 is 2.00 bits per heavy atom. The van der Waals surface area contributed by atoms with Gasteiger partial charge in [-0.3, -0.25) is 9.59 Å². The minimum absolute atomic E-state index is 0.0724. The molecule has 0 bridgehead atoms. The topological polar surface area (TPSA) is 76.7 Å². The van der Waals surface area contributed by atoms with Gasteiger partial charge >= 0.3 is 0 Å². The number of nitrogens with one attached hydrogen (secondary N) is 2. The fourth-order valence-electron chi connectivity index (χ4n) is 2.06. The third kappa shape index (κ3) is 7.74. The van der Waals surface area contributed by atoms with Gasteiger partial charge in [0.05, 0.1) is 7.11 Å². The van der Waals surface area contributed by atoms with Crippen LogP contribution in [0.15, 0.2) is 24.3 Å².